The van der Waals surface area contributed by atoms with Crippen LogP contribution in [0.1, 0.15) is 46.0 Å². The van der Waals surface area contributed by atoms with E-state index in [0.29, 0.717) is 11.5 Å². The molecule has 0 radical (unpaired) electrons. The summed E-state index contributed by atoms with van der Waals surface area (Å²) in [6.07, 6.45) is 7.24. The molecule has 0 unspecified atom stereocenters. The van der Waals surface area contributed by atoms with Gasteiger partial charge in [-0.3, -0.25) is 0 Å². The molecule has 1 aliphatic carbocycles. The van der Waals surface area contributed by atoms with Crippen molar-refractivity contribution >= 4 is 0 Å². The summed E-state index contributed by atoms with van der Waals surface area (Å²) >= 11 is 0. The molecule has 0 bridgehead atoms. The van der Waals surface area contributed by atoms with E-state index in [9.17, 15) is 0 Å². The molecule has 90 valence electrons. The Morgan fingerprint density at radius 1 is 1.13 bits per heavy atom. The van der Waals surface area contributed by atoms with Gasteiger partial charge in [-0.15, -0.1) is 0 Å². The number of rotatable bonds is 5. The molecule has 1 aliphatic rings. The van der Waals surface area contributed by atoms with E-state index in [2.05, 4.69) is 32.8 Å². The van der Waals surface area contributed by atoms with Gasteiger partial charge in [0.15, 0.2) is 0 Å². The van der Waals surface area contributed by atoms with Gasteiger partial charge in [-0.05, 0) is 40.8 Å². The van der Waals surface area contributed by atoms with Crippen LogP contribution in [0.2, 0.25) is 0 Å². The van der Waals surface area contributed by atoms with Crippen LogP contribution in [-0.4, -0.2) is 38.3 Å². The van der Waals surface area contributed by atoms with E-state index in [-0.39, 0.29) is 0 Å². The SMILES string of the molecule is CC(C)OCC1(CN(C)C)CCCCC1. The van der Waals surface area contributed by atoms with Crippen molar-refractivity contribution in [1.29, 1.82) is 0 Å². The first-order chi connectivity index (χ1) is 7.04. The summed E-state index contributed by atoms with van der Waals surface area (Å²) in [6.45, 7) is 6.39. The second-order valence-corrected chi connectivity index (χ2v) is 5.66. The number of hydrogen-bond donors (Lipinski definition) is 0. The van der Waals surface area contributed by atoms with Crippen LogP contribution in [0.15, 0.2) is 0 Å². The van der Waals surface area contributed by atoms with Gasteiger partial charge in [-0.25, -0.2) is 0 Å². The first-order valence-electron chi connectivity index (χ1n) is 6.30. The van der Waals surface area contributed by atoms with Crippen molar-refractivity contribution in [3.05, 3.63) is 0 Å². The topological polar surface area (TPSA) is 12.5 Å². The summed E-state index contributed by atoms with van der Waals surface area (Å²) in [5.74, 6) is 0. The van der Waals surface area contributed by atoms with Crippen molar-refractivity contribution in [1.82, 2.24) is 4.90 Å². The quantitative estimate of drug-likeness (QED) is 0.696. The van der Waals surface area contributed by atoms with E-state index in [1.165, 1.54) is 38.6 Å². The van der Waals surface area contributed by atoms with Crippen LogP contribution in [0, 0.1) is 5.41 Å². The van der Waals surface area contributed by atoms with Crippen molar-refractivity contribution in [2.24, 2.45) is 5.41 Å². The third-order valence-corrected chi connectivity index (χ3v) is 3.29. The van der Waals surface area contributed by atoms with E-state index < -0.39 is 0 Å². The van der Waals surface area contributed by atoms with Gasteiger partial charge < -0.3 is 9.64 Å². The highest BCUT2D eigenvalue weighted by molar-refractivity contribution is 4.85. The van der Waals surface area contributed by atoms with Gasteiger partial charge >= 0.3 is 0 Å². The molecule has 2 nitrogen and oxygen atoms in total. The average molecular weight is 213 g/mol. The first-order valence-corrected chi connectivity index (χ1v) is 6.30. The fourth-order valence-corrected chi connectivity index (χ4v) is 2.66. The zero-order chi connectivity index (χ0) is 11.3. The predicted molar refractivity (Wildman–Crippen MR) is 65.2 cm³/mol. The number of hydrogen-bond acceptors (Lipinski definition) is 2. The molecule has 15 heavy (non-hydrogen) atoms. The summed E-state index contributed by atoms with van der Waals surface area (Å²) in [7, 11) is 4.34. The highest BCUT2D eigenvalue weighted by Gasteiger charge is 2.33. The van der Waals surface area contributed by atoms with Gasteiger partial charge in [0, 0.05) is 12.0 Å². The van der Waals surface area contributed by atoms with Gasteiger partial charge in [-0.1, -0.05) is 19.3 Å². The lowest BCUT2D eigenvalue weighted by molar-refractivity contribution is -0.0222. The minimum atomic E-state index is 0.367. The van der Waals surface area contributed by atoms with Crippen molar-refractivity contribution in [3.8, 4) is 0 Å². The van der Waals surface area contributed by atoms with Gasteiger partial charge in [-0.2, -0.15) is 0 Å². The largest absolute Gasteiger partial charge is 0.378 e. The van der Waals surface area contributed by atoms with Gasteiger partial charge in [0.2, 0.25) is 0 Å². The lowest BCUT2D eigenvalue weighted by Gasteiger charge is -2.39. The molecule has 0 amide bonds. The van der Waals surface area contributed by atoms with E-state index in [4.69, 9.17) is 4.74 Å². The molecule has 1 rings (SSSR count). The minimum Gasteiger partial charge on any atom is -0.378 e. The van der Waals surface area contributed by atoms with Crippen LogP contribution < -0.4 is 0 Å². The van der Waals surface area contributed by atoms with Gasteiger partial charge in [0.05, 0.1) is 12.7 Å². The van der Waals surface area contributed by atoms with Gasteiger partial charge in [0.25, 0.3) is 0 Å². The predicted octanol–water partition coefficient (Wildman–Crippen LogP) is 2.92. The normalized spacial score (nSPS) is 21.2. The minimum absolute atomic E-state index is 0.367. The highest BCUT2D eigenvalue weighted by atomic mass is 16.5. The maximum atomic E-state index is 5.86. The molecule has 0 heterocycles. The molecule has 0 aliphatic heterocycles. The smallest absolute Gasteiger partial charge is 0.0538 e. The first kappa shape index (κ1) is 13.0. The molecular formula is C13H27NO. The zero-order valence-electron chi connectivity index (χ0n) is 10.9. The molecule has 0 atom stereocenters. The standard InChI is InChI=1S/C13H27NO/c1-12(2)15-11-13(10-14(3)4)8-6-5-7-9-13/h12H,5-11H2,1-4H3. The summed E-state index contributed by atoms with van der Waals surface area (Å²) in [5, 5.41) is 0. The van der Waals surface area contributed by atoms with Crippen LogP contribution in [0.4, 0.5) is 0 Å². The Morgan fingerprint density at radius 3 is 2.20 bits per heavy atom. The third kappa shape index (κ3) is 4.52. The second-order valence-electron chi connectivity index (χ2n) is 5.66. The summed E-state index contributed by atoms with van der Waals surface area (Å²) < 4.78 is 5.86. The average Bonchev–Trinajstić information content (AvgIpc) is 2.15. The molecule has 1 saturated carbocycles. The lowest BCUT2D eigenvalue weighted by Crippen LogP contribution is -2.40. The fraction of sp³-hybridized carbons (Fsp3) is 1.00. The molecule has 0 aromatic carbocycles. The van der Waals surface area contributed by atoms with Crippen LogP contribution in [-0.2, 0) is 4.74 Å². The summed E-state index contributed by atoms with van der Waals surface area (Å²) in [4.78, 5) is 2.31. The Kier molecular flexibility index (Phi) is 5.07. The third-order valence-electron chi connectivity index (χ3n) is 3.29. The van der Waals surface area contributed by atoms with E-state index in [1.807, 2.05) is 0 Å². The Balaban J connectivity index is 2.50. The molecule has 2 heteroatoms. The van der Waals surface area contributed by atoms with Crippen molar-refractivity contribution < 1.29 is 4.74 Å². The maximum absolute atomic E-state index is 5.86. The Bertz CT molecular complexity index is 171. The zero-order valence-corrected chi connectivity index (χ0v) is 10.9. The fourth-order valence-electron chi connectivity index (χ4n) is 2.66. The van der Waals surface area contributed by atoms with Crippen LogP contribution in [0.25, 0.3) is 0 Å². The van der Waals surface area contributed by atoms with E-state index in [0.717, 1.165) is 6.61 Å². The summed E-state index contributed by atoms with van der Waals surface area (Å²) in [5.41, 5.74) is 0.437. The van der Waals surface area contributed by atoms with E-state index >= 15 is 0 Å². The Labute approximate surface area is 95.0 Å². The van der Waals surface area contributed by atoms with Crippen LogP contribution >= 0.6 is 0 Å². The van der Waals surface area contributed by atoms with Crippen LogP contribution in [0.3, 0.4) is 0 Å². The molecule has 0 saturated heterocycles. The summed E-state index contributed by atoms with van der Waals surface area (Å²) in [6, 6.07) is 0. The van der Waals surface area contributed by atoms with Crippen molar-refractivity contribution in [3.63, 3.8) is 0 Å². The molecule has 0 aromatic rings. The molecule has 0 aromatic heterocycles. The Morgan fingerprint density at radius 2 is 1.73 bits per heavy atom. The maximum Gasteiger partial charge on any atom is 0.0538 e. The number of nitrogens with zero attached hydrogens (tertiary/aromatic N) is 1. The monoisotopic (exact) mass is 213 g/mol. The highest BCUT2D eigenvalue weighted by Crippen LogP contribution is 2.37. The molecule has 0 spiro atoms. The van der Waals surface area contributed by atoms with E-state index in [1.54, 1.807) is 0 Å². The number of ether oxygens (including phenoxy) is 1. The second kappa shape index (κ2) is 5.86. The molecular weight excluding hydrogens is 186 g/mol. The lowest BCUT2D eigenvalue weighted by atomic mass is 9.74. The van der Waals surface area contributed by atoms with Gasteiger partial charge in [0.1, 0.15) is 0 Å². The van der Waals surface area contributed by atoms with Crippen LogP contribution in [0.5, 0.6) is 0 Å². The molecule has 1 fully saturated rings. The van der Waals surface area contributed by atoms with Crippen molar-refractivity contribution in [2.75, 3.05) is 27.2 Å². The Hall–Kier alpha value is -0.0800. The molecule has 0 N–H and O–H groups in total. The van der Waals surface area contributed by atoms with Crippen molar-refractivity contribution in [2.45, 2.75) is 52.1 Å².